The average molecular weight is 417 g/mol. The molecular formula is C19H14Cl2N4O3. The first kappa shape index (κ1) is 18.5. The molecule has 2 aromatic carbocycles. The topological polar surface area (TPSA) is 93.3 Å². The zero-order chi connectivity index (χ0) is 19.8. The summed E-state index contributed by atoms with van der Waals surface area (Å²) in [5, 5.41) is 14.5. The van der Waals surface area contributed by atoms with Crippen LogP contribution in [-0.2, 0) is 0 Å². The Morgan fingerprint density at radius 3 is 2.54 bits per heavy atom. The summed E-state index contributed by atoms with van der Waals surface area (Å²) in [7, 11) is 0. The van der Waals surface area contributed by atoms with Crippen molar-refractivity contribution in [1.29, 1.82) is 0 Å². The van der Waals surface area contributed by atoms with Gasteiger partial charge >= 0.3 is 0 Å². The van der Waals surface area contributed by atoms with Crippen molar-refractivity contribution in [3.05, 3.63) is 78.5 Å². The molecule has 0 amide bonds. The van der Waals surface area contributed by atoms with Crippen molar-refractivity contribution in [3.63, 3.8) is 0 Å². The number of rotatable bonds is 4. The summed E-state index contributed by atoms with van der Waals surface area (Å²) in [6, 6.07) is 11.6. The molecule has 0 radical (unpaired) electrons. The highest BCUT2D eigenvalue weighted by Crippen LogP contribution is 2.37. The zero-order valence-corrected chi connectivity index (χ0v) is 16.0. The van der Waals surface area contributed by atoms with Gasteiger partial charge in [0.05, 0.1) is 26.9 Å². The van der Waals surface area contributed by atoms with Gasteiger partial charge in [0.25, 0.3) is 11.2 Å². The van der Waals surface area contributed by atoms with Crippen LogP contribution < -0.4 is 5.56 Å². The van der Waals surface area contributed by atoms with E-state index in [9.17, 15) is 14.9 Å². The minimum Gasteiger partial charge on any atom is -0.290 e. The Labute approximate surface area is 169 Å². The number of para-hydroxylation sites is 1. The largest absolute Gasteiger partial charge is 0.290 e. The van der Waals surface area contributed by atoms with Crippen LogP contribution in [0.15, 0.2) is 52.3 Å². The fourth-order valence-corrected chi connectivity index (χ4v) is 3.82. The van der Waals surface area contributed by atoms with Crippen molar-refractivity contribution < 1.29 is 4.92 Å². The second-order valence-corrected chi connectivity index (χ2v) is 7.12. The van der Waals surface area contributed by atoms with Gasteiger partial charge in [0.15, 0.2) is 0 Å². The smallest absolute Gasteiger partial charge is 0.288 e. The van der Waals surface area contributed by atoms with Gasteiger partial charge in [-0.25, -0.2) is 4.68 Å². The Hall–Kier alpha value is -2.90. The number of benzene rings is 2. The first-order valence-electron chi connectivity index (χ1n) is 8.55. The molecule has 4 rings (SSSR count). The Morgan fingerprint density at radius 2 is 1.89 bits per heavy atom. The molecule has 3 aromatic rings. The van der Waals surface area contributed by atoms with E-state index in [2.05, 4.69) is 10.1 Å². The van der Waals surface area contributed by atoms with Crippen molar-refractivity contribution in [3.8, 4) is 16.9 Å². The van der Waals surface area contributed by atoms with E-state index in [0.717, 1.165) is 6.42 Å². The van der Waals surface area contributed by atoms with E-state index in [4.69, 9.17) is 23.2 Å². The highest BCUT2D eigenvalue weighted by Gasteiger charge is 2.26. The van der Waals surface area contributed by atoms with Crippen LogP contribution in [0.1, 0.15) is 18.4 Å². The van der Waals surface area contributed by atoms with Crippen LogP contribution in [-0.4, -0.2) is 27.0 Å². The molecule has 1 N–H and O–H groups in total. The number of aromatic amines is 1. The minimum atomic E-state index is -0.582. The molecule has 7 nitrogen and oxygen atoms in total. The zero-order valence-electron chi connectivity index (χ0n) is 14.5. The van der Waals surface area contributed by atoms with Crippen molar-refractivity contribution in [2.45, 2.75) is 12.8 Å². The van der Waals surface area contributed by atoms with Gasteiger partial charge in [0.2, 0.25) is 0 Å². The summed E-state index contributed by atoms with van der Waals surface area (Å²) in [4.78, 5) is 28.4. The third kappa shape index (κ3) is 3.12. The van der Waals surface area contributed by atoms with Crippen LogP contribution in [0, 0.1) is 10.1 Å². The van der Waals surface area contributed by atoms with E-state index in [1.807, 2.05) is 18.2 Å². The molecule has 0 bridgehead atoms. The van der Waals surface area contributed by atoms with Gasteiger partial charge in [-0.15, -0.1) is 0 Å². The van der Waals surface area contributed by atoms with Gasteiger partial charge in [-0.2, -0.15) is 0 Å². The predicted molar refractivity (Wildman–Crippen MR) is 109 cm³/mol. The van der Waals surface area contributed by atoms with Gasteiger partial charge in [0.1, 0.15) is 5.02 Å². The first-order valence-corrected chi connectivity index (χ1v) is 9.31. The summed E-state index contributed by atoms with van der Waals surface area (Å²) >= 11 is 12.3. The average Bonchev–Trinajstić information content (AvgIpc) is 3.30. The van der Waals surface area contributed by atoms with Gasteiger partial charge in [-0.05, 0) is 31.0 Å². The van der Waals surface area contributed by atoms with Crippen molar-refractivity contribution >= 4 is 34.6 Å². The SMILES string of the molecule is O=c1c(C2=NCCC2)c(-c2cc([N+](=O)[O-])c(Cl)cc2Cl)[nH]n1-c1ccccc1. The maximum Gasteiger partial charge on any atom is 0.288 e. The van der Waals surface area contributed by atoms with Crippen LogP contribution in [0.4, 0.5) is 5.69 Å². The molecule has 0 saturated heterocycles. The first-order chi connectivity index (χ1) is 13.5. The van der Waals surface area contributed by atoms with Crippen LogP contribution in [0.5, 0.6) is 0 Å². The lowest BCUT2D eigenvalue weighted by molar-refractivity contribution is -0.384. The Morgan fingerprint density at radius 1 is 1.14 bits per heavy atom. The fraction of sp³-hybridized carbons (Fsp3) is 0.158. The normalized spacial score (nSPS) is 13.6. The summed E-state index contributed by atoms with van der Waals surface area (Å²) in [5.41, 5.74) is 1.83. The highest BCUT2D eigenvalue weighted by molar-refractivity contribution is 6.37. The lowest BCUT2D eigenvalue weighted by Gasteiger charge is -2.07. The van der Waals surface area contributed by atoms with Gasteiger partial charge in [0, 0.05) is 23.9 Å². The van der Waals surface area contributed by atoms with Gasteiger partial charge in [-0.3, -0.25) is 25.0 Å². The van der Waals surface area contributed by atoms with E-state index in [1.165, 1.54) is 16.8 Å². The Balaban J connectivity index is 2.01. The number of aromatic nitrogens is 2. The number of halogens is 2. The summed E-state index contributed by atoms with van der Waals surface area (Å²) < 4.78 is 1.39. The molecule has 0 spiro atoms. The van der Waals surface area contributed by atoms with E-state index in [-0.39, 0.29) is 21.3 Å². The van der Waals surface area contributed by atoms with E-state index >= 15 is 0 Å². The molecule has 2 heterocycles. The molecule has 1 aromatic heterocycles. The second kappa shape index (κ2) is 7.26. The number of nitro benzene ring substituents is 1. The maximum absolute atomic E-state index is 13.2. The fourth-order valence-electron chi connectivity index (χ4n) is 3.27. The molecule has 0 aliphatic carbocycles. The van der Waals surface area contributed by atoms with Crippen LogP contribution in [0.3, 0.4) is 0 Å². The monoisotopic (exact) mass is 416 g/mol. The molecular weight excluding hydrogens is 403 g/mol. The number of nitrogens with zero attached hydrogens (tertiary/aromatic N) is 3. The number of nitro groups is 1. The van der Waals surface area contributed by atoms with Crippen molar-refractivity contribution in [2.24, 2.45) is 4.99 Å². The molecule has 9 heteroatoms. The number of aliphatic imine (C=N–C) groups is 1. The van der Waals surface area contributed by atoms with E-state index < -0.39 is 4.92 Å². The second-order valence-electron chi connectivity index (χ2n) is 6.31. The lowest BCUT2D eigenvalue weighted by Crippen LogP contribution is -2.19. The molecule has 1 aliphatic heterocycles. The number of nitrogens with one attached hydrogen (secondary N) is 1. The Kier molecular flexibility index (Phi) is 4.78. The lowest BCUT2D eigenvalue weighted by atomic mass is 10.0. The molecule has 1 aliphatic rings. The number of hydrogen-bond donors (Lipinski definition) is 1. The maximum atomic E-state index is 13.2. The molecule has 0 fully saturated rings. The summed E-state index contributed by atoms with van der Waals surface area (Å²) in [6.45, 7) is 0.638. The van der Waals surface area contributed by atoms with Crippen LogP contribution in [0.2, 0.25) is 10.0 Å². The highest BCUT2D eigenvalue weighted by atomic mass is 35.5. The third-order valence-corrected chi connectivity index (χ3v) is 5.19. The molecule has 0 saturated carbocycles. The van der Waals surface area contributed by atoms with E-state index in [0.29, 0.717) is 41.2 Å². The quantitative estimate of drug-likeness (QED) is 0.496. The standard InChI is InChI=1S/C19H14Cl2N4O3/c20-13-10-14(21)16(25(27)28)9-12(13)18-17(15-7-4-8-22-15)19(26)24(23-18)11-5-2-1-3-6-11/h1-3,5-6,9-10,23H,4,7-8H2. The van der Waals surface area contributed by atoms with E-state index in [1.54, 1.807) is 12.1 Å². The molecule has 142 valence electrons. The molecule has 0 unspecified atom stereocenters. The predicted octanol–water partition coefficient (Wildman–Crippen LogP) is 4.63. The minimum absolute atomic E-state index is 0.0663. The van der Waals surface area contributed by atoms with Crippen molar-refractivity contribution in [2.75, 3.05) is 6.54 Å². The Bertz CT molecular complexity index is 1170. The van der Waals surface area contributed by atoms with Gasteiger partial charge < -0.3 is 0 Å². The molecule has 28 heavy (non-hydrogen) atoms. The van der Waals surface area contributed by atoms with Crippen molar-refractivity contribution in [1.82, 2.24) is 9.78 Å². The van der Waals surface area contributed by atoms with Crippen LogP contribution in [0.25, 0.3) is 16.9 Å². The number of hydrogen-bond acceptors (Lipinski definition) is 4. The summed E-state index contributed by atoms with van der Waals surface area (Å²) in [6.07, 6.45) is 1.50. The molecule has 0 atom stereocenters. The third-order valence-electron chi connectivity index (χ3n) is 4.57. The number of H-pyrrole nitrogens is 1. The van der Waals surface area contributed by atoms with Gasteiger partial charge in [-0.1, -0.05) is 41.4 Å². The van der Waals surface area contributed by atoms with Crippen LogP contribution >= 0.6 is 23.2 Å². The summed E-state index contributed by atoms with van der Waals surface area (Å²) in [5.74, 6) is 0.